The number of benzene rings is 1. The maximum absolute atomic E-state index is 12.0. The molecule has 0 saturated heterocycles. The highest BCUT2D eigenvalue weighted by Gasteiger charge is 2.17. The molecule has 0 aliphatic carbocycles. The van der Waals surface area contributed by atoms with Crippen LogP contribution in [-0.4, -0.2) is 40.8 Å². The fraction of sp³-hybridized carbons (Fsp3) is 0.278. The summed E-state index contributed by atoms with van der Waals surface area (Å²) in [5.74, 6) is 0.340. The molecule has 0 amide bonds. The number of carbonyl (C=O) groups excluding carboxylic acids is 1. The van der Waals surface area contributed by atoms with Crippen LogP contribution in [0.5, 0.6) is 5.75 Å². The Morgan fingerprint density at radius 1 is 1.31 bits per heavy atom. The average molecular weight is 375 g/mol. The maximum Gasteiger partial charge on any atom is 0.358 e. The van der Waals surface area contributed by atoms with E-state index in [9.17, 15) is 4.79 Å². The minimum Gasteiger partial charge on any atom is -0.497 e. The van der Waals surface area contributed by atoms with E-state index in [4.69, 9.17) is 21.1 Å². The molecule has 0 atom stereocenters. The van der Waals surface area contributed by atoms with E-state index in [0.29, 0.717) is 17.9 Å². The van der Waals surface area contributed by atoms with Gasteiger partial charge in [0.15, 0.2) is 16.5 Å². The molecule has 2 heterocycles. The molecule has 0 aliphatic heterocycles. The molecule has 2 aromatic heterocycles. The molecule has 0 bridgehead atoms. The van der Waals surface area contributed by atoms with E-state index in [1.165, 1.54) is 16.3 Å². The molecule has 7 nitrogen and oxygen atoms in total. The van der Waals surface area contributed by atoms with Crippen LogP contribution in [0.2, 0.25) is 5.15 Å². The number of nitrogens with one attached hydrogen (secondary N) is 1. The van der Waals surface area contributed by atoms with Gasteiger partial charge >= 0.3 is 5.97 Å². The smallest absolute Gasteiger partial charge is 0.358 e. The van der Waals surface area contributed by atoms with Crippen molar-refractivity contribution in [2.45, 2.75) is 13.3 Å². The van der Waals surface area contributed by atoms with Crippen LogP contribution in [0.4, 0.5) is 5.69 Å². The average Bonchev–Trinajstić information content (AvgIpc) is 3.06. The molecule has 8 heteroatoms. The SMILES string of the molecule is CCOC(=O)c1cnc2c(NCCc3ccc(OC)cc3)cc(Cl)nn12. The van der Waals surface area contributed by atoms with Crippen molar-refractivity contribution < 1.29 is 14.3 Å². The molecule has 0 unspecified atom stereocenters. The van der Waals surface area contributed by atoms with Crippen molar-refractivity contribution in [3.8, 4) is 5.75 Å². The lowest BCUT2D eigenvalue weighted by Crippen LogP contribution is -2.11. The minimum absolute atomic E-state index is 0.238. The van der Waals surface area contributed by atoms with E-state index in [1.54, 1.807) is 20.1 Å². The van der Waals surface area contributed by atoms with Gasteiger partial charge in [0.25, 0.3) is 0 Å². The third kappa shape index (κ3) is 3.88. The van der Waals surface area contributed by atoms with Crippen LogP contribution in [0.1, 0.15) is 23.0 Å². The Morgan fingerprint density at radius 2 is 2.08 bits per heavy atom. The largest absolute Gasteiger partial charge is 0.497 e. The molecule has 3 rings (SSSR count). The zero-order valence-corrected chi connectivity index (χ0v) is 15.3. The van der Waals surface area contributed by atoms with Gasteiger partial charge in [-0.1, -0.05) is 23.7 Å². The van der Waals surface area contributed by atoms with Crippen LogP contribution in [0.15, 0.2) is 36.5 Å². The first kappa shape index (κ1) is 18.0. The second-order valence-corrected chi connectivity index (χ2v) is 5.89. The molecule has 0 spiro atoms. The van der Waals surface area contributed by atoms with Gasteiger partial charge in [0, 0.05) is 12.6 Å². The summed E-state index contributed by atoms with van der Waals surface area (Å²) in [6.07, 6.45) is 2.24. The highest BCUT2D eigenvalue weighted by atomic mass is 35.5. The number of rotatable bonds is 7. The van der Waals surface area contributed by atoms with Crippen molar-refractivity contribution in [1.29, 1.82) is 0 Å². The van der Waals surface area contributed by atoms with Crippen LogP contribution in [0.3, 0.4) is 0 Å². The summed E-state index contributed by atoms with van der Waals surface area (Å²) < 4.78 is 11.6. The van der Waals surface area contributed by atoms with Crippen LogP contribution >= 0.6 is 11.6 Å². The predicted octanol–water partition coefficient (Wildman–Crippen LogP) is 3.22. The molecule has 26 heavy (non-hydrogen) atoms. The standard InChI is InChI=1S/C18H19ClN4O3/c1-3-26-18(24)15-11-21-17-14(10-16(19)22-23(15)17)20-9-8-12-4-6-13(25-2)7-5-12/h4-7,10-11,20H,3,8-9H2,1-2H3. The first-order chi connectivity index (χ1) is 12.6. The van der Waals surface area contributed by atoms with Crippen LogP contribution in [-0.2, 0) is 11.2 Å². The summed E-state index contributed by atoms with van der Waals surface area (Å²) in [5.41, 5.74) is 2.63. The van der Waals surface area contributed by atoms with Crippen molar-refractivity contribution in [2.75, 3.05) is 25.6 Å². The van der Waals surface area contributed by atoms with Gasteiger partial charge in [-0.15, -0.1) is 0 Å². The zero-order chi connectivity index (χ0) is 18.5. The first-order valence-electron chi connectivity index (χ1n) is 8.20. The number of imidazole rings is 1. The van der Waals surface area contributed by atoms with E-state index in [1.807, 2.05) is 24.3 Å². The molecule has 0 fully saturated rings. The number of hydrogen-bond acceptors (Lipinski definition) is 6. The second kappa shape index (κ2) is 8.05. The summed E-state index contributed by atoms with van der Waals surface area (Å²) in [4.78, 5) is 16.3. The summed E-state index contributed by atoms with van der Waals surface area (Å²) in [6, 6.07) is 9.58. The van der Waals surface area contributed by atoms with Gasteiger partial charge in [-0.2, -0.15) is 5.10 Å². The van der Waals surface area contributed by atoms with Crippen LogP contribution in [0, 0.1) is 0 Å². The lowest BCUT2D eigenvalue weighted by molar-refractivity contribution is 0.0517. The van der Waals surface area contributed by atoms with Crippen LogP contribution in [0.25, 0.3) is 5.65 Å². The molecule has 3 aromatic rings. The normalized spacial score (nSPS) is 10.7. The Kier molecular flexibility index (Phi) is 5.58. The molecule has 1 N–H and O–H groups in total. The Morgan fingerprint density at radius 3 is 2.77 bits per heavy atom. The Labute approximate surface area is 155 Å². The highest BCUT2D eigenvalue weighted by Crippen LogP contribution is 2.21. The number of carbonyl (C=O) groups is 1. The number of methoxy groups -OCH3 is 1. The van der Waals surface area contributed by atoms with Gasteiger partial charge in [-0.25, -0.2) is 14.3 Å². The van der Waals surface area contributed by atoms with E-state index >= 15 is 0 Å². The van der Waals surface area contributed by atoms with E-state index < -0.39 is 5.97 Å². The Balaban J connectivity index is 1.75. The van der Waals surface area contributed by atoms with Crippen LogP contribution < -0.4 is 10.1 Å². The summed E-state index contributed by atoms with van der Waals surface area (Å²) in [7, 11) is 1.64. The van der Waals surface area contributed by atoms with Crippen molar-refractivity contribution in [3.05, 3.63) is 52.9 Å². The molecular weight excluding hydrogens is 356 g/mol. The Hall–Kier alpha value is -2.80. The number of nitrogens with zero attached hydrogens (tertiary/aromatic N) is 3. The maximum atomic E-state index is 12.0. The number of hydrogen-bond donors (Lipinski definition) is 1. The van der Waals surface area contributed by atoms with E-state index in [2.05, 4.69) is 15.4 Å². The van der Waals surface area contributed by atoms with Gasteiger partial charge in [-0.05, 0) is 31.0 Å². The molecule has 0 aliphatic rings. The van der Waals surface area contributed by atoms with E-state index in [0.717, 1.165) is 12.2 Å². The zero-order valence-electron chi connectivity index (χ0n) is 14.5. The molecule has 0 saturated carbocycles. The van der Waals surface area contributed by atoms with Crippen molar-refractivity contribution in [2.24, 2.45) is 0 Å². The third-order valence-electron chi connectivity index (χ3n) is 3.81. The predicted molar refractivity (Wildman–Crippen MR) is 99.1 cm³/mol. The van der Waals surface area contributed by atoms with Crippen molar-refractivity contribution in [3.63, 3.8) is 0 Å². The third-order valence-corrected chi connectivity index (χ3v) is 4.00. The topological polar surface area (TPSA) is 77.8 Å². The van der Waals surface area contributed by atoms with Gasteiger partial charge in [0.05, 0.1) is 25.6 Å². The number of esters is 1. The lowest BCUT2D eigenvalue weighted by Gasteiger charge is -2.09. The van der Waals surface area contributed by atoms with Crippen molar-refractivity contribution in [1.82, 2.24) is 14.6 Å². The highest BCUT2D eigenvalue weighted by molar-refractivity contribution is 6.29. The molecule has 0 radical (unpaired) electrons. The van der Waals surface area contributed by atoms with Gasteiger partial charge in [0.2, 0.25) is 0 Å². The number of ether oxygens (including phenoxy) is 2. The molecule has 136 valence electrons. The number of fused-ring (bicyclic) bond motifs is 1. The summed E-state index contributed by atoms with van der Waals surface area (Å²) in [6.45, 7) is 2.69. The quantitative estimate of drug-likeness (QED) is 0.640. The second-order valence-electron chi connectivity index (χ2n) is 5.50. The van der Waals surface area contributed by atoms with Gasteiger partial charge < -0.3 is 14.8 Å². The number of aromatic nitrogens is 3. The lowest BCUT2D eigenvalue weighted by atomic mass is 10.1. The van der Waals surface area contributed by atoms with Gasteiger partial charge in [0.1, 0.15) is 5.75 Å². The summed E-state index contributed by atoms with van der Waals surface area (Å²) >= 11 is 6.10. The number of anilines is 1. The molecular formula is C18H19ClN4O3. The first-order valence-corrected chi connectivity index (χ1v) is 8.58. The summed E-state index contributed by atoms with van der Waals surface area (Å²) in [5, 5.41) is 7.71. The minimum atomic E-state index is -0.487. The number of halogens is 1. The Bertz CT molecular complexity index is 909. The monoisotopic (exact) mass is 374 g/mol. The van der Waals surface area contributed by atoms with Crippen molar-refractivity contribution >= 4 is 28.9 Å². The fourth-order valence-electron chi connectivity index (χ4n) is 2.55. The van der Waals surface area contributed by atoms with E-state index in [-0.39, 0.29) is 17.5 Å². The molecule has 1 aromatic carbocycles. The fourth-order valence-corrected chi connectivity index (χ4v) is 2.73. The van der Waals surface area contributed by atoms with Gasteiger partial charge in [-0.3, -0.25) is 0 Å².